The summed E-state index contributed by atoms with van der Waals surface area (Å²) in [6.45, 7) is 3.58. The number of hydrogen-bond acceptors (Lipinski definition) is 3. The largest absolute Gasteiger partial charge is 0.380 e. The number of rotatable bonds is 7. The third kappa shape index (κ3) is 5.34. The minimum atomic E-state index is 0.411. The van der Waals surface area contributed by atoms with Crippen LogP contribution in [0.2, 0.25) is 0 Å². The van der Waals surface area contributed by atoms with Crippen LogP contribution in [0.25, 0.3) is 0 Å². The highest BCUT2D eigenvalue weighted by Crippen LogP contribution is 2.21. The minimum Gasteiger partial charge on any atom is -0.380 e. The topological polar surface area (TPSA) is 21.3 Å². The Bertz CT molecular complexity index is 292. The molecule has 1 atom stereocenters. The summed E-state index contributed by atoms with van der Waals surface area (Å²) in [5.74, 6) is 1.03. The summed E-state index contributed by atoms with van der Waals surface area (Å²) in [5.41, 5.74) is 0. The SMILES string of the molecule is CCOCC(CSc1ccc(Br)cc1)NC. The molecule has 0 aliphatic heterocycles. The van der Waals surface area contributed by atoms with Gasteiger partial charge in [-0.3, -0.25) is 0 Å². The van der Waals surface area contributed by atoms with Crippen molar-refractivity contribution >= 4 is 27.7 Å². The quantitative estimate of drug-likeness (QED) is 0.782. The second-order valence-electron chi connectivity index (χ2n) is 3.41. The molecule has 0 heterocycles. The van der Waals surface area contributed by atoms with Gasteiger partial charge in [-0.1, -0.05) is 15.9 Å². The van der Waals surface area contributed by atoms with Crippen LogP contribution in [0.3, 0.4) is 0 Å². The first-order valence-corrected chi connectivity index (χ1v) is 7.17. The maximum Gasteiger partial charge on any atom is 0.0627 e. The van der Waals surface area contributed by atoms with Crippen molar-refractivity contribution < 1.29 is 4.74 Å². The van der Waals surface area contributed by atoms with E-state index in [1.807, 2.05) is 25.7 Å². The average Bonchev–Trinajstić information content (AvgIpc) is 2.32. The Balaban J connectivity index is 2.34. The van der Waals surface area contributed by atoms with Crippen molar-refractivity contribution in [2.75, 3.05) is 26.0 Å². The summed E-state index contributed by atoms with van der Waals surface area (Å²) in [4.78, 5) is 1.29. The van der Waals surface area contributed by atoms with Gasteiger partial charge in [0.1, 0.15) is 0 Å². The standard InChI is InChI=1S/C12H18BrNOS/c1-3-15-8-11(14-2)9-16-12-6-4-10(13)5-7-12/h4-7,11,14H,3,8-9H2,1-2H3. The van der Waals surface area contributed by atoms with E-state index in [4.69, 9.17) is 4.74 Å². The molecule has 1 aromatic carbocycles. The smallest absolute Gasteiger partial charge is 0.0627 e. The molecule has 1 N–H and O–H groups in total. The van der Waals surface area contributed by atoms with Crippen LogP contribution in [0, 0.1) is 0 Å². The third-order valence-electron chi connectivity index (χ3n) is 2.20. The molecular formula is C12H18BrNOS. The van der Waals surface area contributed by atoms with Gasteiger partial charge >= 0.3 is 0 Å². The Morgan fingerprint density at radius 1 is 1.38 bits per heavy atom. The molecular weight excluding hydrogens is 286 g/mol. The number of halogens is 1. The normalized spacial score (nSPS) is 12.7. The van der Waals surface area contributed by atoms with Gasteiger partial charge < -0.3 is 10.1 Å². The van der Waals surface area contributed by atoms with E-state index in [0.717, 1.165) is 23.4 Å². The fourth-order valence-corrected chi connectivity index (χ4v) is 2.45. The van der Waals surface area contributed by atoms with E-state index in [1.165, 1.54) is 4.90 Å². The van der Waals surface area contributed by atoms with Crippen LogP contribution < -0.4 is 5.32 Å². The Morgan fingerprint density at radius 2 is 2.06 bits per heavy atom. The zero-order chi connectivity index (χ0) is 11.8. The second kappa shape index (κ2) is 8.12. The van der Waals surface area contributed by atoms with Gasteiger partial charge in [0, 0.05) is 27.8 Å². The fraction of sp³-hybridized carbons (Fsp3) is 0.500. The summed E-state index contributed by atoms with van der Waals surface area (Å²) >= 11 is 5.28. The predicted octanol–water partition coefficient (Wildman–Crippen LogP) is 3.17. The molecule has 1 aromatic rings. The average molecular weight is 304 g/mol. The van der Waals surface area contributed by atoms with Gasteiger partial charge in [-0.15, -0.1) is 11.8 Å². The number of likely N-dealkylation sites (N-methyl/N-ethyl adjacent to an activating group) is 1. The van der Waals surface area contributed by atoms with E-state index < -0.39 is 0 Å². The zero-order valence-corrected chi connectivity index (χ0v) is 12.1. The molecule has 0 saturated carbocycles. The lowest BCUT2D eigenvalue weighted by molar-refractivity contribution is 0.131. The highest BCUT2D eigenvalue weighted by atomic mass is 79.9. The lowest BCUT2D eigenvalue weighted by atomic mass is 10.4. The maximum absolute atomic E-state index is 5.41. The Kier molecular flexibility index (Phi) is 7.12. The molecule has 0 aliphatic carbocycles. The molecule has 0 aliphatic rings. The van der Waals surface area contributed by atoms with Crippen molar-refractivity contribution in [3.05, 3.63) is 28.7 Å². The first kappa shape index (κ1) is 14.0. The molecule has 2 nitrogen and oxygen atoms in total. The number of hydrogen-bond donors (Lipinski definition) is 1. The van der Waals surface area contributed by atoms with Crippen LogP contribution in [0.5, 0.6) is 0 Å². The molecule has 90 valence electrons. The summed E-state index contributed by atoms with van der Waals surface area (Å²) < 4.78 is 6.53. The second-order valence-corrected chi connectivity index (χ2v) is 5.42. The van der Waals surface area contributed by atoms with E-state index in [2.05, 4.69) is 45.5 Å². The van der Waals surface area contributed by atoms with Crippen molar-refractivity contribution in [1.29, 1.82) is 0 Å². The van der Waals surface area contributed by atoms with Crippen LogP contribution in [0.15, 0.2) is 33.6 Å². The maximum atomic E-state index is 5.41. The van der Waals surface area contributed by atoms with Gasteiger partial charge in [0.15, 0.2) is 0 Å². The highest BCUT2D eigenvalue weighted by Gasteiger charge is 2.06. The Hall–Kier alpha value is -0.0300. The van der Waals surface area contributed by atoms with Crippen LogP contribution in [-0.2, 0) is 4.74 Å². The lowest BCUT2D eigenvalue weighted by Crippen LogP contribution is -2.32. The van der Waals surface area contributed by atoms with Crippen molar-refractivity contribution in [3.63, 3.8) is 0 Å². The molecule has 1 unspecified atom stereocenters. The van der Waals surface area contributed by atoms with E-state index in [0.29, 0.717) is 6.04 Å². The Morgan fingerprint density at radius 3 is 2.62 bits per heavy atom. The van der Waals surface area contributed by atoms with Crippen LogP contribution in [0.4, 0.5) is 0 Å². The molecule has 0 aromatic heterocycles. The fourth-order valence-electron chi connectivity index (χ4n) is 1.20. The molecule has 0 spiro atoms. The predicted molar refractivity (Wildman–Crippen MR) is 74.2 cm³/mol. The Labute approximate surface area is 110 Å². The molecule has 0 bridgehead atoms. The van der Waals surface area contributed by atoms with Crippen LogP contribution in [0.1, 0.15) is 6.92 Å². The van der Waals surface area contributed by atoms with Gasteiger partial charge in [-0.2, -0.15) is 0 Å². The highest BCUT2D eigenvalue weighted by molar-refractivity contribution is 9.10. The van der Waals surface area contributed by atoms with E-state index in [1.54, 1.807) is 0 Å². The van der Waals surface area contributed by atoms with E-state index in [-0.39, 0.29) is 0 Å². The van der Waals surface area contributed by atoms with Gasteiger partial charge in [0.2, 0.25) is 0 Å². The molecule has 4 heteroatoms. The first-order valence-electron chi connectivity index (χ1n) is 5.39. The molecule has 16 heavy (non-hydrogen) atoms. The molecule has 0 amide bonds. The summed E-state index contributed by atoms with van der Waals surface area (Å²) in [5, 5.41) is 3.26. The van der Waals surface area contributed by atoms with Crippen molar-refractivity contribution in [3.8, 4) is 0 Å². The summed E-state index contributed by atoms with van der Waals surface area (Å²) in [6, 6.07) is 8.80. The molecule has 1 rings (SSSR count). The van der Waals surface area contributed by atoms with Gasteiger partial charge in [-0.25, -0.2) is 0 Å². The molecule has 0 saturated heterocycles. The van der Waals surface area contributed by atoms with Gasteiger partial charge in [0.05, 0.1) is 6.61 Å². The monoisotopic (exact) mass is 303 g/mol. The van der Waals surface area contributed by atoms with Crippen molar-refractivity contribution in [1.82, 2.24) is 5.32 Å². The van der Waals surface area contributed by atoms with Crippen LogP contribution in [-0.4, -0.2) is 32.1 Å². The number of benzene rings is 1. The van der Waals surface area contributed by atoms with Gasteiger partial charge in [0.25, 0.3) is 0 Å². The number of ether oxygens (including phenoxy) is 1. The lowest BCUT2D eigenvalue weighted by Gasteiger charge is -2.15. The minimum absolute atomic E-state index is 0.411. The van der Waals surface area contributed by atoms with Gasteiger partial charge in [-0.05, 0) is 38.2 Å². The number of nitrogens with one attached hydrogen (secondary N) is 1. The van der Waals surface area contributed by atoms with E-state index in [9.17, 15) is 0 Å². The number of thioether (sulfide) groups is 1. The van der Waals surface area contributed by atoms with Crippen molar-refractivity contribution in [2.45, 2.75) is 17.9 Å². The first-order chi connectivity index (χ1) is 7.76. The van der Waals surface area contributed by atoms with Crippen molar-refractivity contribution in [2.24, 2.45) is 0 Å². The summed E-state index contributed by atoms with van der Waals surface area (Å²) in [6.07, 6.45) is 0. The third-order valence-corrected chi connectivity index (χ3v) is 3.90. The summed E-state index contributed by atoms with van der Waals surface area (Å²) in [7, 11) is 1.98. The molecule has 0 radical (unpaired) electrons. The van der Waals surface area contributed by atoms with Crippen LogP contribution >= 0.6 is 27.7 Å². The van der Waals surface area contributed by atoms with E-state index >= 15 is 0 Å². The molecule has 0 fully saturated rings. The zero-order valence-electron chi connectivity index (χ0n) is 9.70.